The Morgan fingerprint density at radius 2 is 2.08 bits per heavy atom. The number of amides is 2. The number of hydrogen-bond acceptors (Lipinski definition) is 4. The first-order valence-corrected chi connectivity index (χ1v) is 8.20. The van der Waals surface area contributed by atoms with Crippen molar-refractivity contribution in [2.45, 2.75) is 26.0 Å². The van der Waals surface area contributed by atoms with E-state index in [-0.39, 0.29) is 23.6 Å². The summed E-state index contributed by atoms with van der Waals surface area (Å²) in [6.45, 7) is 4.15. The highest BCUT2D eigenvalue weighted by Crippen LogP contribution is 2.26. The summed E-state index contributed by atoms with van der Waals surface area (Å²) in [7, 11) is 0. The molecule has 1 fully saturated rings. The van der Waals surface area contributed by atoms with E-state index in [2.05, 4.69) is 5.32 Å². The van der Waals surface area contributed by atoms with Gasteiger partial charge in [-0.1, -0.05) is 30.7 Å². The third kappa shape index (κ3) is 3.12. The number of rotatable bonds is 4. The predicted octanol–water partition coefficient (Wildman–Crippen LogP) is 2.04. The van der Waals surface area contributed by atoms with E-state index in [0.29, 0.717) is 23.7 Å². The molecule has 1 aliphatic heterocycles. The van der Waals surface area contributed by atoms with E-state index >= 15 is 0 Å². The summed E-state index contributed by atoms with van der Waals surface area (Å²) >= 11 is 6.04. The Morgan fingerprint density at radius 3 is 2.71 bits per heavy atom. The summed E-state index contributed by atoms with van der Waals surface area (Å²) in [5, 5.41) is 13.5. The Bertz CT molecular complexity index is 780. The van der Waals surface area contributed by atoms with Gasteiger partial charge in [0.15, 0.2) is 11.3 Å². The lowest BCUT2D eigenvalue weighted by molar-refractivity contribution is -0.143. The van der Waals surface area contributed by atoms with E-state index in [9.17, 15) is 14.7 Å². The number of aliphatic hydroxyl groups excluding tert-OH is 1. The zero-order valence-corrected chi connectivity index (χ0v) is 14.2. The van der Waals surface area contributed by atoms with Crippen LogP contribution >= 0.6 is 11.6 Å². The van der Waals surface area contributed by atoms with Gasteiger partial charge in [-0.15, -0.1) is 0 Å². The molecule has 2 atom stereocenters. The van der Waals surface area contributed by atoms with Crippen molar-refractivity contribution in [3.05, 3.63) is 35.0 Å². The molecule has 1 aliphatic rings. The Kier molecular flexibility index (Phi) is 4.51. The molecule has 0 aliphatic carbocycles. The highest BCUT2D eigenvalue weighted by atomic mass is 35.5. The van der Waals surface area contributed by atoms with Crippen LogP contribution in [0.1, 0.15) is 24.4 Å². The number of para-hydroxylation sites is 1. The summed E-state index contributed by atoms with van der Waals surface area (Å²) in [5.41, 5.74) is 0.487. The number of nitrogens with zero attached hydrogens (tertiary/aromatic N) is 1. The number of aliphatic hydroxyl groups is 1. The molecule has 1 aromatic heterocycles. The van der Waals surface area contributed by atoms with Crippen molar-refractivity contribution in [2.75, 3.05) is 13.1 Å². The number of benzene rings is 1. The molecule has 1 aromatic carbocycles. The van der Waals surface area contributed by atoms with Gasteiger partial charge in [-0.2, -0.15) is 0 Å². The van der Waals surface area contributed by atoms with Gasteiger partial charge in [0, 0.05) is 18.5 Å². The number of carbonyl (C=O) groups excluding carboxylic acids is 2. The van der Waals surface area contributed by atoms with Crippen molar-refractivity contribution >= 4 is 34.4 Å². The first-order valence-electron chi connectivity index (χ1n) is 7.82. The fraction of sp³-hybridized carbons (Fsp3) is 0.412. The van der Waals surface area contributed by atoms with Crippen molar-refractivity contribution in [1.29, 1.82) is 0 Å². The van der Waals surface area contributed by atoms with Crippen LogP contribution in [0.25, 0.3) is 11.0 Å². The molecule has 2 heterocycles. The Hall–Kier alpha value is -2.05. The topological polar surface area (TPSA) is 82.8 Å². The second-order valence-corrected chi connectivity index (χ2v) is 6.62. The first-order chi connectivity index (χ1) is 11.4. The highest BCUT2D eigenvalue weighted by molar-refractivity contribution is 6.34. The summed E-state index contributed by atoms with van der Waals surface area (Å²) in [6.07, 6.45) is -0.688. The SMILES string of the molecule is CC(O)C(C)C(=O)N1CC(NC(=O)c2cc3cccc(Cl)c3o2)C1. The summed E-state index contributed by atoms with van der Waals surface area (Å²) in [6, 6.07) is 6.84. The van der Waals surface area contributed by atoms with Crippen molar-refractivity contribution < 1.29 is 19.1 Å². The van der Waals surface area contributed by atoms with Gasteiger partial charge in [0.2, 0.25) is 5.91 Å². The lowest BCUT2D eigenvalue weighted by atomic mass is 10.0. The van der Waals surface area contributed by atoms with Crippen LogP contribution in [0.4, 0.5) is 0 Å². The monoisotopic (exact) mass is 350 g/mol. The Labute approximate surface area is 144 Å². The molecule has 0 bridgehead atoms. The normalized spacial score (nSPS) is 17.4. The van der Waals surface area contributed by atoms with Crippen LogP contribution in [0, 0.1) is 5.92 Å². The standard InChI is InChI=1S/C17H19ClN2O4/c1-9(10(2)21)17(23)20-7-12(8-20)19-16(22)14-6-11-4-3-5-13(18)15(11)24-14/h3-6,9-10,12,21H,7-8H2,1-2H3,(H,19,22). The number of carbonyl (C=O) groups is 2. The van der Waals surface area contributed by atoms with Gasteiger partial charge < -0.3 is 19.7 Å². The molecule has 2 aromatic rings. The lowest BCUT2D eigenvalue weighted by Gasteiger charge is -2.41. The van der Waals surface area contributed by atoms with E-state index in [1.807, 2.05) is 6.07 Å². The van der Waals surface area contributed by atoms with E-state index in [1.54, 1.807) is 36.9 Å². The largest absolute Gasteiger partial charge is 0.449 e. The lowest BCUT2D eigenvalue weighted by Crippen LogP contribution is -2.62. The quantitative estimate of drug-likeness (QED) is 0.884. The fourth-order valence-corrected chi connectivity index (χ4v) is 2.86. The average Bonchev–Trinajstić information content (AvgIpc) is 2.94. The number of halogens is 1. The maximum absolute atomic E-state index is 12.3. The van der Waals surface area contributed by atoms with E-state index in [4.69, 9.17) is 16.0 Å². The molecular formula is C17H19ClN2O4. The van der Waals surface area contributed by atoms with Gasteiger partial charge in [0.25, 0.3) is 5.91 Å². The van der Waals surface area contributed by atoms with Crippen LogP contribution in [0.2, 0.25) is 5.02 Å². The minimum Gasteiger partial charge on any atom is -0.449 e. The molecule has 1 saturated heterocycles. The molecule has 7 heteroatoms. The predicted molar refractivity (Wildman–Crippen MR) is 89.9 cm³/mol. The molecule has 0 radical (unpaired) electrons. The first kappa shape index (κ1) is 16.8. The average molecular weight is 351 g/mol. The van der Waals surface area contributed by atoms with Crippen molar-refractivity contribution in [3.8, 4) is 0 Å². The van der Waals surface area contributed by atoms with Crippen LogP contribution in [0.15, 0.2) is 28.7 Å². The number of hydrogen-bond donors (Lipinski definition) is 2. The van der Waals surface area contributed by atoms with Crippen LogP contribution in [-0.4, -0.2) is 47.1 Å². The van der Waals surface area contributed by atoms with E-state index in [0.717, 1.165) is 5.39 Å². The van der Waals surface area contributed by atoms with E-state index < -0.39 is 12.0 Å². The van der Waals surface area contributed by atoms with Gasteiger partial charge in [0.1, 0.15) is 0 Å². The molecule has 3 rings (SSSR count). The second-order valence-electron chi connectivity index (χ2n) is 6.21. The molecule has 2 unspecified atom stereocenters. The summed E-state index contributed by atoms with van der Waals surface area (Å²) < 4.78 is 5.52. The number of likely N-dealkylation sites (tertiary alicyclic amines) is 1. The number of fused-ring (bicyclic) bond motifs is 1. The Balaban J connectivity index is 1.58. The maximum atomic E-state index is 12.3. The molecule has 0 saturated carbocycles. The zero-order chi connectivity index (χ0) is 17.4. The van der Waals surface area contributed by atoms with Gasteiger partial charge >= 0.3 is 0 Å². The van der Waals surface area contributed by atoms with E-state index in [1.165, 1.54) is 0 Å². The zero-order valence-electron chi connectivity index (χ0n) is 13.5. The number of furan rings is 1. The molecule has 24 heavy (non-hydrogen) atoms. The molecule has 2 amide bonds. The molecule has 128 valence electrons. The summed E-state index contributed by atoms with van der Waals surface area (Å²) in [4.78, 5) is 25.9. The van der Waals surface area contributed by atoms with Gasteiger partial charge in [-0.3, -0.25) is 9.59 Å². The van der Waals surface area contributed by atoms with Gasteiger partial charge in [0.05, 0.1) is 23.1 Å². The maximum Gasteiger partial charge on any atom is 0.287 e. The van der Waals surface area contributed by atoms with Crippen molar-refractivity contribution in [3.63, 3.8) is 0 Å². The summed E-state index contributed by atoms with van der Waals surface area (Å²) in [5.74, 6) is -0.687. The second kappa shape index (κ2) is 6.45. The highest BCUT2D eigenvalue weighted by Gasteiger charge is 2.35. The smallest absolute Gasteiger partial charge is 0.287 e. The number of nitrogens with one attached hydrogen (secondary N) is 1. The van der Waals surface area contributed by atoms with Crippen molar-refractivity contribution in [1.82, 2.24) is 10.2 Å². The minimum atomic E-state index is -0.688. The van der Waals surface area contributed by atoms with Crippen LogP contribution < -0.4 is 5.32 Å². The van der Waals surface area contributed by atoms with Gasteiger partial charge in [-0.05, 0) is 19.1 Å². The molecule has 0 spiro atoms. The van der Waals surface area contributed by atoms with Crippen molar-refractivity contribution in [2.24, 2.45) is 5.92 Å². The third-order valence-electron chi connectivity index (χ3n) is 4.36. The van der Waals surface area contributed by atoms with Crippen LogP contribution in [-0.2, 0) is 4.79 Å². The fourth-order valence-electron chi connectivity index (χ4n) is 2.64. The van der Waals surface area contributed by atoms with Gasteiger partial charge in [-0.25, -0.2) is 0 Å². The third-order valence-corrected chi connectivity index (χ3v) is 4.66. The minimum absolute atomic E-state index is 0.106. The molecule has 2 N–H and O–H groups in total. The Morgan fingerprint density at radius 1 is 1.38 bits per heavy atom. The molecule has 6 nitrogen and oxygen atoms in total. The molecular weight excluding hydrogens is 332 g/mol. The van der Waals surface area contributed by atoms with Crippen LogP contribution in [0.5, 0.6) is 0 Å². The van der Waals surface area contributed by atoms with Crippen LogP contribution in [0.3, 0.4) is 0 Å².